The normalized spacial score (nSPS) is 11.9. The first-order valence-corrected chi connectivity index (χ1v) is 11.7. The van der Waals surface area contributed by atoms with Crippen LogP contribution in [-0.4, -0.2) is 35.9 Å². The molecule has 0 saturated heterocycles. The second kappa shape index (κ2) is 11.7. The predicted molar refractivity (Wildman–Crippen MR) is 133 cm³/mol. The Balaban J connectivity index is 1.81. The van der Waals surface area contributed by atoms with Gasteiger partial charge >= 0.3 is 0 Å². The molecule has 0 bridgehead atoms. The molecule has 6 heteroatoms. The van der Waals surface area contributed by atoms with E-state index in [0.29, 0.717) is 36.2 Å². The highest BCUT2D eigenvalue weighted by Crippen LogP contribution is 2.25. The maximum atomic E-state index is 13.4. The number of amides is 2. The minimum atomic E-state index is -0.594. The fourth-order valence-corrected chi connectivity index (χ4v) is 3.80. The predicted octanol–water partition coefficient (Wildman–Crippen LogP) is 5.45. The number of carbonyl (C=O) groups excluding carboxylic acids is 2. The summed E-state index contributed by atoms with van der Waals surface area (Å²) in [6.07, 6.45) is 0.498. The van der Waals surface area contributed by atoms with E-state index in [9.17, 15) is 9.59 Å². The molecule has 3 rings (SSSR count). The number of benzene rings is 3. The lowest BCUT2D eigenvalue weighted by Crippen LogP contribution is -2.50. The van der Waals surface area contributed by atoms with Crippen LogP contribution in [-0.2, 0) is 16.1 Å². The van der Waals surface area contributed by atoms with E-state index >= 15 is 0 Å². The van der Waals surface area contributed by atoms with Crippen molar-refractivity contribution in [2.24, 2.45) is 5.92 Å². The van der Waals surface area contributed by atoms with Crippen molar-refractivity contribution in [3.63, 3.8) is 0 Å². The van der Waals surface area contributed by atoms with Gasteiger partial charge in [0.25, 0.3) is 5.91 Å². The van der Waals surface area contributed by atoms with Gasteiger partial charge in [-0.1, -0.05) is 80.9 Å². The first-order chi connectivity index (χ1) is 15.9. The smallest absolute Gasteiger partial charge is 0.261 e. The molecule has 0 aliphatic carbocycles. The van der Waals surface area contributed by atoms with Gasteiger partial charge in [-0.3, -0.25) is 9.59 Å². The van der Waals surface area contributed by atoms with Gasteiger partial charge in [0.2, 0.25) is 5.91 Å². The van der Waals surface area contributed by atoms with Crippen LogP contribution in [0.15, 0.2) is 66.7 Å². The van der Waals surface area contributed by atoms with Gasteiger partial charge in [-0.25, -0.2) is 0 Å². The molecule has 174 valence electrons. The van der Waals surface area contributed by atoms with Crippen LogP contribution in [0.2, 0.25) is 5.02 Å². The van der Waals surface area contributed by atoms with Crippen molar-refractivity contribution >= 4 is 34.2 Å². The first-order valence-electron chi connectivity index (χ1n) is 11.3. The van der Waals surface area contributed by atoms with Gasteiger partial charge in [0, 0.05) is 23.5 Å². The van der Waals surface area contributed by atoms with Crippen LogP contribution in [0.25, 0.3) is 10.8 Å². The van der Waals surface area contributed by atoms with Gasteiger partial charge in [0.1, 0.15) is 11.8 Å². The Morgan fingerprint density at radius 2 is 1.70 bits per heavy atom. The van der Waals surface area contributed by atoms with Crippen molar-refractivity contribution in [2.45, 2.75) is 39.8 Å². The van der Waals surface area contributed by atoms with Gasteiger partial charge in [0.05, 0.1) is 0 Å². The lowest BCUT2D eigenvalue weighted by Gasteiger charge is -2.31. The number of hydrogen-bond donors (Lipinski definition) is 1. The average Bonchev–Trinajstić information content (AvgIpc) is 2.82. The Bertz CT molecular complexity index is 1080. The number of ether oxygens (including phenoxy) is 1. The molecule has 5 nitrogen and oxygen atoms in total. The van der Waals surface area contributed by atoms with Gasteiger partial charge < -0.3 is 15.0 Å². The summed E-state index contributed by atoms with van der Waals surface area (Å²) in [4.78, 5) is 27.9. The molecule has 0 fully saturated rings. The summed E-state index contributed by atoms with van der Waals surface area (Å²) >= 11 is 6.02. The molecule has 0 radical (unpaired) electrons. The van der Waals surface area contributed by atoms with Crippen molar-refractivity contribution in [1.29, 1.82) is 0 Å². The number of halogens is 1. The molecule has 3 aromatic carbocycles. The van der Waals surface area contributed by atoms with Crippen LogP contribution in [0, 0.1) is 5.92 Å². The largest absolute Gasteiger partial charge is 0.483 e. The lowest BCUT2D eigenvalue weighted by molar-refractivity contribution is -0.143. The molecular formula is C27H31ClN2O3. The van der Waals surface area contributed by atoms with Gasteiger partial charge in [-0.15, -0.1) is 0 Å². The van der Waals surface area contributed by atoms with E-state index < -0.39 is 6.04 Å². The van der Waals surface area contributed by atoms with Crippen LogP contribution >= 0.6 is 11.6 Å². The quantitative estimate of drug-likeness (QED) is 0.432. The summed E-state index contributed by atoms with van der Waals surface area (Å²) in [7, 11) is 0. The summed E-state index contributed by atoms with van der Waals surface area (Å²) in [5.41, 5.74) is 0.896. The molecule has 0 spiro atoms. The molecule has 0 aliphatic rings. The third-order valence-electron chi connectivity index (χ3n) is 5.44. The molecule has 1 atom stereocenters. The third-order valence-corrected chi connectivity index (χ3v) is 5.69. The SMILES string of the molecule is CCC(C(=O)NCC(C)C)N(Cc1ccc(Cl)cc1)C(=O)COc1cccc2ccccc12. The average molecular weight is 467 g/mol. The monoisotopic (exact) mass is 466 g/mol. The van der Waals surface area contributed by atoms with E-state index in [1.54, 1.807) is 17.0 Å². The number of rotatable bonds is 10. The Kier molecular flexibility index (Phi) is 8.72. The first kappa shape index (κ1) is 24.6. The van der Waals surface area contributed by atoms with Crippen molar-refractivity contribution in [3.05, 3.63) is 77.3 Å². The van der Waals surface area contributed by atoms with E-state index in [4.69, 9.17) is 16.3 Å². The molecule has 1 unspecified atom stereocenters. The number of nitrogens with one attached hydrogen (secondary N) is 1. The summed E-state index contributed by atoms with van der Waals surface area (Å²) in [6, 6.07) is 20.3. The van der Waals surface area contributed by atoms with E-state index in [1.165, 1.54) is 0 Å². The Labute approximate surface area is 200 Å². The second-order valence-corrected chi connectivity index (χ2v) is 8.91. The Morgan fingerprint density at radius 1 is 1.00 bits per heavy atom. The van der Waals surface area contributed by atoms with Crippen LogP contribution in [0.5, 0.6) is 5.75 Å². The highest BCUT2D eigenvalue weighted by Gasteiger charge is 2.29. The number of carbonyl (C=O) groups is 2. The minimum Gasteiger partial charge on any atom is -0.483 e. The van der Waals surface area contributed by atoms with E-state index in [-0.39, 0.29) is 18.4 Å². The molecule has 0 aliphatic heterocycles. The van der Waals surface area contributed by atoms with Crippen LogP contribution in [0.3, 0.4) is 0 Å². The second-order valence-electron chi connectivity index (χ2n) is 8.48. The molecule has 3 aromatic rings. The topological polar surface area (TPSA) is 58.6 Å². The molecule has 1 N–H and O–H groups in total. The number of hydrogen-bond acceptors (Lipinski definition) is 3. The van der Waals surface area contributed by atoms with E-state index in [0.717, 1.165) is 16.3 Å². The molecular weight excluding hydrogens is 436 g/mol. The minimum absolute atomic E-state index is 0.154. The highest BCUT2D eigenvalue weighted by molar-refractivity contribution is 6.30. The summed E-state index contributed by atoms with van der Waals surface area (Å²) in [5, 5.41) is 5.57. The lowest BCUT2D eigenvalue weighted by atomic mass is 10.1. The zero-order valence-corrected chi connectivity index (χ0v) is 20.1. The van der Waals surface area contributed by atoms with Crippen LogP contribution < -0.4 is 10.1 Å². The van der Waals surface area contributed by atoms with Crippen LogP contribution in [0.4, 0.5) is 0 Å². The molecule has 2 amide bonds. The van der Waals surface area contributed by atoms with Gasteiger partial charge in [0.15, 0.2) is 6.61 Å². The molecule has 0 aromatic heterocycles. The molecule has 0 saturated carbocycles. The van der Waals surface area contributed by atoms with Crippen LogP contribution in [0.1, 0.15) is 32.8 Å². The van der Waals surface area contributed by atoms with Gasteiger partial charge in [-0.2, -0.15) is 0 Å². The van der Waals surface area contributed by atoms with Crippen molar-refractivity contribution in [2.75, 3.05) is 13.2 Å². The third kappa shape index (κ3) is 6.72. The maximum Gasteiger partial charge on any atom is 0.261 e. The summed E-state index contributed by atoms with van der Waals surface area (Å²) in [5.74, 6) is 0.565. The van der Waals surface area contributed by atoms with Crippen molar-refractivity contribution in [3.8, 4) is 5.75 Å². The Morgan fingerprint density at radius 3 is 2.39 bits per heavy atom. The molecule has 0 heterocycles. The summed E-state index contributed by atoms with van der Waals surface area (Å²) in [6.45, 7) is 6.68. The zero-order valence-electron chi connectivity index (χ0n) is 19.4. The number of fused-ring (bicyclic) bond motifs is 1. The fourth-order valence-electron chi connectivity index (χ4n) is 3.67. The van der Waals surface area contributed by atoms with Crippen molar-refractivity contribution < 1.29 is 14.3 Å². The van der Waals surface area contributed by atoms with E-state index in [1.807, 2.05) is 75.4 Å². The van der Waals surface area contributed by atoms with Gasteiger partial charge in [-0.05, 0) is 41.5 Å². The standard InChI is InChI=1S/C27H31ClN2O3/c1-4-24(27(32)29-16-19(2)3)30(17-20-12-14-22(28)15-13-20)26(31)18-33-25-11-7-9-21-8-5-6-10-23(21)25/h5-15,19,24H,4,16-18H2,1-3H3,(H,29,32). The van der Waals surface area contributed by atoms with Crippen molar-refractivity contribution in [1.82, 2.24) is 10.2 Å². The van der Waals surface area contributed by atoms with E-state index in [2.05, 4.69) is 5.32 Å². The maximum absolute atomic E-state index is 13.4. The zero-order chi connectivity index (χ0) is 23.8. The highest BCUT2D eigenvalue weighted by atomic mass is 35.5. The summed E-state index contributed by atoms with van der Waals surface area (Å²) < 4.78 is 5.95. The molecule has 33 heavy (non-hydrogen) atoms. The fraction of sp³-hybridized carbons (Fsp3) is 0.333. The Hall–Kier alpha value is -3.05. The number of nitrogens with zero attached hydrogens (tertiary/aromatic N) is 1.